The van der Waals surface area contributed by atoms with Crippen molar-refractivity contribution in [2.75, 3.05) is 0 Å². The van der Waals surface area contributed by atoms with Gasteiger partial charge in [0.25, 0.3) is 0 Å². The van der Waals surface area contributed by atoms with Crippen molar-refractivity contribution in [3.05, 3.63) is 33.3 Å². The van der Waals surface area contributed by atoms with Crippen LogP contribution in [0.4, 0.5) is 0 Å². The summed E-state index contributed by atoms with van der Waals surface area (Å²) in [6, 6.07) is 5.33. The fourth-order valence-electron chi connectivity index (χ4n) is 1.52. The van der Waals surface area contributed by atoms with Crippen molar-refractivity contribution >= 4 is 39.2 Å². The van der Waals surface area contributed by atoms with Crippen molar-refractivity contribution in [3.8, 4) is 0 Å². The predicted octanol–water partition coefficient (Wildman–Crippen LogP) is 3.07. The summed E-state index contributed by atoms with van der Waals surface area (Å²) in [5, 5.41) is 13.3. The van der Waals surface area contributed by atoms with Gasteiger partial charge in [-0.2, -0.15) is 0 Å². The number of rotatable bonds is 2. The number of oxime groups is 1. The Morgan fingerprint density at radius 2 is 2.35 bits per heavy atom. The first-order chi connectivity index (χ1) is 7.92. The highest BCUT2D eigenvalue weighted by Crippen LogP contribution is 2.30. The van der Waals surface area contributed by atoms with Crippen molar-refractivity contribution in [2.45, 2.75) is 18.9 Å². The molecule has 4 nitrogen and oxygen atoms in total. The van der Waals surface area contributed by atoms with Crippen LogP contribution in [0.15, 0.2) is 27.8 Å². The Kier molecular flexibility index (Phi) is 3.14. The Labute approximate surface area is 111 Å². The van der Waals surface area contributed by atoms with Crippen molar-refractivity contribution < 1.29 is 14.7 Å². The number of carboxylic acids is 1. The zero-order valence-electron chi connectivity index (χ0n) is 8.91. The number of carboxylic acid groups (broad SMARTS) is 1. The summed E-state index contributed by atoms with van der Waals surface area (Å²) < 4.78 is 0.853. The summed E-state index contributed by atoms with van der Waals surface area (Å²) in [5.41, 5.74) is -0.0570. The van der Waals surface area contributed by atoms with Crippen LogP contribution in [0.3, 0.4) is 0 Å². The van der Waals surface area contributed by atoms with E-state index in [9.17, 15) is 4.79 Å². The minimum absolute atomic E-state index is 0.198. The molecule has 0 aromatic heterocycles. The van der Waals surface area contributed by atoms with Crippen LogP contribution in [0.1, 0.15) is 18.9 Å². The zero-order valence-corrected chi connectivity index (χ0v) is 11.2. The van der Waals surface area contributed by atoms with Crippen LogP contribution >= 0.6 is 27.5 Å². The first-order valence-corrected chi connectivity index (χ1v) is 6.03. The standard InChI is InChI=1S/C11H9BrClNO3/c1-11(10(15)16)5-9(14-17-11)7-3-2-6(12)4-8(7)13/h2-4H,5H2,1H3,(H,15,16). The van der Waals surface area contributed by atoms with Gasteiger partial charge in [-0.05, 0) is 19.1 Å². The fourth-order valence-corrected chi connectivity index (χ4v) is 2.30. The van der Waals surface area contributed by atoms with Crippen molar-refractivity contribution in [3.63, 3.8) is 0 Å². The molecular formula is C11H9BrClNO3. The second-order valence-corrected chi connectivity index (χ2v) is 5.29. The molecule has 1 aliphatic heterocycles. The SMILES string of the molecule is CC1(C(=O)O)CC(c2ccc(Br)cc2Cl)=NO1. The molecule has 0 saturated heterocycles. The van der Waals surface area contributed by atoms with Crippen LogP contribution in [-0.4, -0.2) is 22.4 Å². The maximum absolute atomic E-state index is 11.0. The molecule has 1 unspecified atom stereocenters. The molecular weight excluding hydrogens is 309 g/mol. The number of aliphatic carboxylic acids is 1. The molecule has 1 N–H and O–H groups in total. The average Bonchev–Trinajstić information content (AvgIpc) is 2.62. The van der Waals surface area contributed by atoms with Crippen LogP contribution in [0.5, 0.6) is 0 Å². The normalized spacial score (nSPS) is 23.1. The quantitative estimate of drug-likeness (QED) is 0.911. The van der Waals surface area contributed by atoms with E-state index >= 15 is 0 Å². The molecule has 0 amide bonds. The highest BCUT2D eigenvalue weighted by atomic mass is 79.9. The number of nitrogens with zero attached hydrogens (tertiary/aromatic N) is 1. The summed E-state index contributed by atoms with van der Waals surface area (Å²) in [6.45, 7) is 1.48. The van der Waals surface area contributed by atoms with Gasteiger partial charge in [0, 0.05) is 16.5 Å². The smallest absolute Gasteiger partial charge is 0.351 e. The summed E-state index contributed by atoms with van der Waals surface area (Å²) >= 11 is 9.37. The Balaban J connectivity index is 2.29. The molecule has 17 heavy (non-hydrogen) atoms. The Morgan fingerprint density at radius 1 is 1.65 bits per heavy atom. The number of hydrogen-bond donors (Lipinski definition) is 1. The number of hydrogen-bond acceptors (Lipinski definition) is 3. The topological polar surface area (TPSA) is 58.9 Å². The minimum Gasteiger partial charge on any atom is -0.478 e. The first-order valence-electron chi connectivity index (χ1n) is 4.86. The van der Waals surface area contributed by atoms with Crippen LogP contribution in [0.25, 0.3) is 0 Å². The van der Waals surface area contributed by atoms with Gasteiger partial charge in [0.15, 0.2) is 0 Å². The van der Waals surface area contributed by atoms with Gasteiger partial charge in [0.05, 0.1) is 10.7 Å². The van der Waals surface area contributed by atoms with E-state index in [1.165, 1.54) is 6.92 Å². The maximum atomic E-state index is 11.0. The lowest BCUT2D eigenvalue weighted by Crippen LogP contribution is -2.35. The molecule has 0 fully saturated rings. The molecule has 0 spiro atoms. The van der Waals surface area contributed by atoms with Gasteiger partial charge in [-0.1, -0.05) is 38.8 Å². The van der Waals surface area contributed by atoms with Crippen LogP contribution in [-0.2, 0) is 9.63 Å². The molecule has 1 aromatic carbocycles. The number of carbonyl (C=O) groups is 1. The first kappa shape index (κ1) is 12.4. The predicted molar refractivity (Wildman–Crippen MR) is 67.4 cm³/mol. The molecule has 0 bridgehead atoms. The van der Waals surface area contributed by atoms with Gasteiger partial charge >= 0.3 is 5.97 Å². The molecule has 1 heterocycles. The number of benzene rings is 1. The lowest BCUT2D eigenvalue weighted by atomic mass is 9.96. The molecule has 1 aromatic rings. The molecule has 0 saturated carbocycles. The van der Waals surface area contributed by atoms with Gasteiger partial charge in [-0.25, -0.2) is 4.79 Å². The largest absolute Gasteiger partial charge is 0.478 e. The molecule has 1 aliphatic rings. The molecule has 6 heteroatoms. The van der Waals surface area contributed by atoms with Gasteiger partial charge in [-0.3, -0.25) is 0 Å². The van der Waals surface area contributed by atoms with E-state index in [-0.39, 0.29) is 6.42 Å². The Hall–Kier alpha value is -1.07. The van der Waals surface area contributed by atoms with Crippen molar-refractivity contribution in [1.82, 2.24) is 0 Å². The van der Waals surface area contributed by atoms with E-state index in [0.717, 1.165) is 4.47 Å². The Morgan fingerprint density at radius 3 is 2.88 bits per heavy atom. The third-order valence-corrected chi connectivity index (χ3v) is 3.36. The third kappa shape index (κ3) is 2.30. The van der Waals surface area contributed by atoms with E-state index in [2.05, 4.69) is 21.1 Å². The van der Waals surface area contributed by atoms with Gasteiger partial charge in [-0.15, -0.1) is 0 Å². The average molecular weight is 319 g/mol. The van der Waals surface area contributed by atoms with Crippen LogP contribution < -0.4 is 0 Å². The maximum Gasteiger partial charge on any atom is 0.351 e. The van der Waals surface area contributed by atoms with Crippen LogP contribution in [0, 0.1) is 0 Å². The third-order valence-electron chi connectivity index (χ3n) is 2.56. The van der Waals surface area contributed by atoms with E-state index in [1.807, 2.05) is 6.07 Å². The minimum atomic E-state index is -1.30. The second kappa shape index (κ2) is 4.31. The van der Waals surface area contributed by atoms with E-state index in [4.69, 9.17) is 21.5 Å². The van der Waals surface area contributed by atoms with E-state index < -0.39 is 11.6 Å². The lowest BCUT2D eigenvalue weighted by molar-refractivity contribution is -0.160. The zero-order chi connectivity index (χ0) is 12.6. The number of halogens is 2. The Bertz CT molecular complexity index is 517. The highest BCUT2D eigenvalue weighted by molar-refractivity contribution is 9.10. The van der Waals surface area contributed by atoms with E-state index in [1.54, 1.807) is 12.1 Å². The van der Waals surface area contributed by atoms with Crippen molar-refractivity contribution in [1.29, 1.82) is 0 Å². The summed E-state index contributed by atoms with van der Waals surface area (Å²) in [7, 11) is 0. The molecule has 0 radical (unpaired) electrons. The lowest BCUT2D eigenvalue weighted by Gasteiger charge is -2.14. The van der Waals surface area contributed by atoms with Crippen molar-refractivity contribution in [2.24, 2.45) is 5.16 Å². The van der Waals surface area contributed by atoms with Gasteiger partial charge < -0.3 is 9.94 Å². The van der Waals surface area contributed by atoms with E-state index in [0.29, 0.717) is 16.3 Å². The highest BCUT2D eigenvalue weighted by Gasteiger charge is 2.42. The molecule has 2 rings (SSSR count). The van der Waals surface area contributed by atoms with Gasteiger partial charge in [0.2, 0.25) is 5.60 Å². The molecule has 90 valence electrons. The summed E-state index contributed by atoms with van der Waals surface area (Å²) in [6.07, 6.45) is 0.198. The monoisotopic (exact) mass is 317 g/mol. The summed E-state index contributed by atoms with van der Waals surface area (Å²) in [4.78, 5) is 16.0. The molecule has 0 aliphatic carbocycles. The second-order valence-electron chi connectivity index (χ2n) is 3.97. The fraction of sp³-hybridized carbons (Fsp3) is 0.273. The molecule has 1 atom stereocenters. The van der Waals surface area contributed by atoms with Gasteiger partial charge in [0.1, 0.15) is 0 Å². The summed E-state index contributed by atoms with van der Waals surface area (Å²) in [5.74, 6) is -1.04. The van der Waals surface area contributed by atoms with Crippen LogP contribution in [0.2, 0.25) is 5.02 Å².